The molecule has 0 radical (unpaired) electrons. The Bertz CT molecular complexity index is 300. The van der Waals surface area contributed by atoms with E-state index in [-0.39, 0.29) is 0 Å². The van der Waals surface area contributed by atoms with Crippen LogP contribution in [0, 0.1) is 0 Å². The second-order valence-electron chi connectivity index (χ2n) is 3.58. The molecule has 0 fully saturated rings. The van der Waals surface area contributed by atoms with E-state index in [0.29, 0.717) is 0 Å². The molecule has 1 nitrogen and oxygen atoms in total. The highest BCUT2D eigenvalue weighted by atomic mass is 15.1. The summed E-state index contributed by atoms with van der Waals surface area (Å²) in [6, 6.07) is 10.6. The van der Waals surface area contributed by atoms with Gasteiger partial charge in [-0.15, -0.1) is 0 Å². The Hall–Kier alpha value is -1.24. The van der Waals surface area contributed by atoms with Crippen molar-refractivity contribution in [3.63, 3.8) is 0 Å². The molecule has 0 aromatic heterocycles. The van der Waals surface area contributed by atoms with Crippen molar-refractivity contribution in [3.8, 4) is 0 Å². The van der Waals surface area contributed by atoms with Crippen LogP contribution in [-0.2, 0) is 0 Å². The van der Waals surface area contributed by atoms with Crippen LogP contribution in [-0.4, -0.2) is 13.1 Å². The lowest BCUT2D eigenvalue weighted by Crippen LogP contribution is -2.27. The standard InChI is InChI=1S/C12H15N.C2H6/c1-11-7-9-13(10-8-11)12-5-3-2-4-6-12;1-2/h2-7H,8-10H2,1H3;1-2H3. The summed E-state index contributed by atoms with van der Waals surface area (Å²) in [5.74, 6) is 0. The monoisotopic (exact) mass is 203 g/mol. The van der Waals surface area contributed by atoms with Gasteiger partial charge in [0.1, 0.15) is 0 Å². The molecule has 0 saturated heterocycles. The molecule has 0 N–H and O–H groups in total. The van der Waals surface area contributed by atoms with Gasteiger partial charge in [-0.2, -0.15) is 0 Å². The average molecular weight is 203 g/mol. The minimum Gasteiger partial charge on any atom is -0.367 e. The van der Waals surface area contributed by atoms with Crippen LogP contribution >= 0.6 is 0 Å². The van der Waals surface area contributed by atoms with E-state index in [2.05, 4.69) is 48.2 Å². The summed E-state index contributed by atoms with van der Waals surface area (Å²) in [5.41, 5.74) is 2.86. The fourth-order valence-corrected chi connectivity index (χ4v) is 1.64. The SMILES string of the molecule is CC.CC1=CCN(c2ccccc2)CC1. The molecule has 1 aliphatic rings. The normalized spacial score (nSPS) is 15.1. The number of rotatable bonds is 1. The number of benzene rings is 1. The first kappa shape index (κ1) is 11.8. The van der Waals surface area contributed by atoms with Gasteiger partial charge in [0, 0.05) is 18.8 Å². The number of nitrogens with zero attached hydrogens (tertiary/aromatic N) is 1. The van der Waals surface area contributed by atoms with E-state index in [9.17, 15) is 0 Å². The first-order valence-corrected chi connectivity index (χ1v) is 5.82. The van der Waals surface area contributed by atoms with Crippen LogP contribution in [0.5, 0.6) is 0 Å². The predicted octanol–water partition coefficient (Wildman–Crippen LogP) is 3.87. The molecule has 0 unspecified atom stereocenters. The lowest BCUT2D eigenvalue weighted by Gasteiger charge is -2.27. The van der Waals surface area contributed by atoms with Crippen molar-refractivity contribution in [2.24, 2.45) is 0 Å². The quantitative estimate of drug-likeness (QED) is 0.626. The number of para-hydroxylation sites is 1. The van der Waals surface area contributed by atoms with Gasteiger partial charge in [-0.25, -0.2) is 0 Å². The maximum absolute atomic E-state index is 2.41. The van der Waals surface area contributed by atoms with Crippen LogP contribution in [0.3, 0.4) is 0 Å². The van der Waals surface area contributed by atoms with Crippen molar-refractivity contribution in [3.05, 3.63) is 42.0 Å². The average Bonchev–Trinajstić information content (AvgIpc) is 2.34. The zero-order valence-electron chi connectivity index (χ0n) is 10.0. The molecule has 0 aliphatic carbocycles. The third kappa shape index (κ3) is 3.43. The molecule has 1 aliphatic heterocycles. The maximum Gasteiger partial charge on any atom is 0.0369 e. The van der Waals surface area contributed by atoms with Gasteiger partial charge in [-0.3, -0.25) is 0 Å². The Balaban J connectivity index is 0.000000531. The minimum absolute atomic E-state index is 1.07. The van der Waals surface area contributed by atoms with Crippen molar-refractivity contribution in [1.29, 1.82) is 0 Å². The molecule has 1 aromatic rings. The summed E-state index contributed by atoms with van der Waals surface area (Å²) >= 11 is 0. The van der Waals surface area contributed by atoms with E-state index in [1.807, 2.05) is 13.8 Å². The smallest absolute Gasteiger partial charge is 0.0369 e. The molecular formula is C14H21N. The fourth-order valence-electron chi connectivity index (χ4n) is 1.64. The number of hydrogen-bond acceptors (Lipinski definition) is 1. The second kappa shape index (κ2) is 6.28. The summed E-state index contributed by atoms with van der Waals surface area (Å²) < 4.78 is 0. The zero-order chi connectivity index (χ0) is 11.1. The van der Waals surface area contributed by atoms with Crippen LogP contribution in [0.15, 0.2) is 42.0 Å². The first-order chi connectivity index (χ1) is 7.36. The molecular weight excluding hydrogens is 182 g/mol. The Morgan fingerprint density at radius 3 is 2.27 bits per heavy atom. The van der Waals surface area contributed by atoms with E-state index in [0.717, 1.165) is 13.1 Å². The molecule has 1 heteroatoms. The van der Waals surface area contributed by atoms with Crippen molar-refractivity contribution >= 4 is 5.69 Å². The van der Waals surface area contributed by atoms with Gasteiger partial charge in [0.05, 0.1) is 0 Å². The largest absolute Gasteiger partial charge is 0.367 e. The molecule has 15 heavy (non-hydrogen) atoms. The minimum atomic E-state index is 1.07. The fraction of sp³-hybridized carbons (Fsp3) is 0.429. The van der Waals surface area contributed by atoms with Crippen LogP contribution in [0.2, 0.25) is 0 Å². The van der Waals surface area contributed by atoms with Crippen LogP contribution in [0.25, 0.3) is 0 Å². The molecule has 0 saturated carbocycles. The first-order valence-electron chi connectivity index (χ1n) is 5.82. The van der Waals surface area contributed by atoms with Crippen molar-refractivity contribution in [2.75, 3.05) is 18.0 Å². The highest BCUT2D eigenvalue weighted by Gasteiger charge is 2.08. The van der Waals surface area contributed by atoms with Gasteiger partial charge in [-0.1, -0.05) is 43.7 Å². The van der Waals surface area contributed by atoms with Gasteiger partial charge in [0.25, 0.3) is 0 Å². The molecule has 0 spiro atoms. The van der Waals surface area contributed by atoms with Gasteiger partial charge in [0.15, 0.2) is 0 Å². The molecule has 0 atom stereocenters. The highest BCUT2D eigenvalue weighted by Crippen LogP contribution is 2.18. The van der Waals surface area contributed by atoms with Crippen molar-refractivity contribution in [1.82, 2.24) is 0 Å². The van der Waals surface area contributed by atoms with Gasteiger partial charge >= 0.3 is 0 Å². The second-order valence-corrected chi connectivity index (χ2v) is 3.58. The third-order valence-electron chi connectivity index (χ3n) is 2.56. The van der Waals surface area contributed by atoms with Gasteiger partial charge in [-0.05, 0) is 25.5 Å². The molecule has 82 valence electrons. The molecule has 0 amide bonds. The Morgan fingerprint density at radius 2 is 1.73 bits per heavy atom. The Labute approximate surface area is 93.4 Å². The number of hydrogen-bond donors (Lipinski definition) is 0. The highest BCUT2D eigenvalue weighted by molar-refractivity contribution is 5.47. The maximum atomic E-state index is 2.41. The van der Waals surface area contributed by atoms with E-state index >= 15 is 0 Å². The van der Waals surface area contributed by atoms with Crippen LogP contribution in [0.1, 0.15) is 27.2 Å². The summed E-state index contributed by atoms with van der Waals surface area (Å²) in [4.78, 5) is 2.41. The van der Waals surface area contributed by atoms with E-state index in [4.69, 9.17) is 0 Å². The molecule has 1 aromatic carbocycles. The number of anilines is 1. The molecule has 2 rings (SSSR count). The zero-order valence-corrected chi connectivity index (χ0v) is 10.0. The summed E-state index contributed by atoms with van der Waals surface area (Å²) in [7, 11) is 0. The summed E-state index contributed by atoms with van der Waals surface area (Å²) in [5, 5.41) is 0. The van der Waals surface area contributed by atoms with E-state index in [1.54, 1.807) is 0 Å². The van der Waals surface area contributed by atoms with Crippen LogP contribution < -0.4 is 4.90 Å². The van der Waals surface area contributed by atoms with E-state index in [1.165, 1.54) is 17.7 Å². The van der Waals surface area contributed by atoms with Crippen molar-refractivity contribution in [2.45, 2.75) is 27.2 Å². The lowest BCUT2D eigenvalue weighted by atomic mass is 10.1. The van der Waals surface area contributed by atoms with Gasteiger partial charge in [0.2, 0.25) is 0 Å². The third-order valence-corrected chi connectivity index (χ3v) is 2.56. The Kier molecular flexibility index (Phi) is 4.96. The molecule has 0 bridgehead atoms. The topological polar surface area (TPSA) is 3.24 Å². The molecule has 1 heterocycles. The summed E-state index contributed by atoms with van der Waals surface area (Å²) in [6.45, 7) is 8.44. The predicted molar refractivity (Wildman–Crippen MR) is 68.4 cm³/mol. The van der Waals surface area contributed by atoms with Crippen molar-refractivity contribution < 1.29 is 0 Å². The lowest BCUT2D eigenvalue weighted by molar-refractivity contribution is 0.788. The van der Waals surface area contributed by atoms with Crippen LogP contribution in [0.4, 0.5) is 5.69 Å². The van der Waals surface area contributed by atoms with Gasteiger partial charge < -0.3 is 4.90 Å². The summed E-state index contributed by atoms with van der Waals surface area (Å²) in [6.07, 6.45) is 3.52. The Morgan fingerprint density at radius 1 is 1.07 bits per heavy atom. The van der Waals surface area contributed by atoms with E-state index < -0.39 is 0 Å².